The van der Waals surface area contributed by atoms with Crippen LogP contribution in [0, 0.1) is 11.3 Å². The number of hydrogen-bond donors (Lipinski definition) is 1. The lowest BCUT2D eigenvalue weighted by Gasteiger charge is -2.54. The van der Waals surface area contributed by atoms with E-state index in [0.717, 1.165) is 32.1 Å². The van der Waals surface area contributed by atoms with Crippen LogP contribution in [0.1, 0.15) is 58.3 Å². The van der Waals surface area contributed by atoms with Crippen molar-refractivity contribution in [2.75, 3.05) is 0 Å². The molecule has 3 aliphatic rings. The number of nitrogens with one attached hydrogen (secondary N) is 1. The maximum absolute atomic E-state index is 12.2. The molecule has 3 rings (SSSR count). The highest BCUT2D eigenvalue weighted by Crippen LogP contribution is 2.58. The number of allylic oxidation sites excluding steroid dienone is 1. The number of hydrogen-bond acceptors (Lipinski definition) is 1. The highest BCUT2D eigenvalue weighted by Gasteiger charge is 2.51. The maximum Gasteiger partial charge on any atom is 0.223 e. The van der Waals surface area contributed by atoms with E-state index in [9.17, 15) is 4.79 Å². The molecule has 3 aliphatic carbocycles. The van der Waals surface area contributed by atoms with Gasteiger partial charge >= 0.3 is 0 Å². The minimum Gasteiger partial charge on any atom is -0.350 e. The lowest BCUT2D eigenvalue weighted by Crippen LogP contribution is -2.54. The van der Waals surface area contributed by atoms with Crippen molar-refractivity contribution >= 4 is 5.91 Å². The lowest BCUT2D eigenvalue weighted by molar-refractivity contribution is -0.138. The molecule has 0 aliphatic heterocycles. The van der Waals surface area contributed by atoms with Crippen molar-refractivity contribution in [1.82, 2.24) is 5.32 Å². The normalized spacial score (nSPS) is 35.1. The first kappa shape index (κ1) is 11.3. The second-order valence-corrected chi connectivity index (χ2v) is 6.72. The Kier molecular flexibility index (Phi) is 2.57. The van der Waals surface area contributed by atoms with Gasteiger partial charge in [0, 0.05) is 11.5 Å². The summed E-state index contributed by atoms with van der Waals surface area (Å²) in [5.41, 5.74) is 0.629. The molecule has 1 atom stereocenters. The third-order valence-electron chi connectivity index (χ3n) is 5.17. The van der Waals surface area contributed by atoms with Gasteiger partial charge in [-0.05, 0) is 57.3 Å². The Morgan fingerprint density at radius 3 is 2.53 bits per heavy atom. The largest absolute Gasteiger partial charge is 0.350 e. The summed E-state index contributed by atoms with van der Waals surface area (Å²) in [6.07, 6.45) is 14.1. The number of carbonyl (C=O) groups excluding carboxylic acids is 1. The minimum atomic E-state index is 0.0220. The Balaban J connectivity index is 1.52. The zero-order valence-electron chi connectivity index (χ0n) is 10.8. The summed E-state index contributed by atoms with van der Waals surface area (Å²) in [6, 6.07) is 0. The van der Waals surface area contributed by atoms with Gasteiger partial charge in [-0.25, -0.2) is 0 Å². The quantitative estimate of drug-likeness (QED) is 0.729. The molecular weight excluding hydrogens is 210 g/mol. The van der Waals surface area contributed by atoms with Crippen LogP contribution in [0.2, 0.25) is 0 Å². The average Bonchev–Trinajstić information content (AvgIpc) is 2.13. The molecule has 0 aromatic heterocycles. The summed E-state index contributed by atoms with van der Waals surface area (Å²) < 4.78 is 0. The van der Waals surface area contributed by atoms with Gasteiger partial charge in [-0.3, -0.25) is 4.79 Å². The van der Waals surface area contributed by atoms with Crippen LogP contribution in [-0.4, -0.2) is 11.4 Å². The van der Waals surface area contributed by atoms with Gasteiger partial charge in [0.1, 0.15) is 0 Å². The third kappa shape index (κ3) is 2.02. The van der Waals surface area contributed by atoms with Crippen molar-refractivity contribution in [2.45, 2.75) is 63.8 Å². The third-order valence-corrected chi connectivity index (χ3v) is 5.17. The Labute approximate surface area is 104 Å². The predicted octanol–water partition coefficient (Wildman–Crippen LogP) is 3.18. The van der Waals surface area contributed by atoms with E-state index < -0.39 is 0 Å². The second kappa shape index (κ2) is 3.86. The maximum atomic E-state index is 12.2. The molecule has 2 saturated carbocycles. The van der Waals surface area contributed by atoms with Crippen molar-refractivity contribution in [1.29, 1.82) is 0 Å². The van der Waals surface area contributed by atoms with Gasteiger partial charge in [0.2, 0.25) is 5.91 Å². The van der Waals surface area contributed by atoms with Crippen molar-refractivity contribution in [3.63, 3.8) is 0 Å². The van der Waals surface area contributed by atoms with E-state index in [1.807, 2.05) is 0 Å². The molecule has 0 saturated heterocycles. The van der Waals surface area contributed by atoms with Gasteiger partial charge in [-0.2, -0.15) is 0 Å². The summed E-state index contributed by atoms with van der Waals surface area (Å²) in [6.45, 7) is 2.19. The first-order valence-electron chi connectivity index (χ1n) is 7.08. The summed E-state index contributed by atoms with van der Waals surface area (Å²) in [5.74, 6) is 0.637. The fourth-order valence-electron chi connectivity index (χ4n) is 3.73. The highest BCUT2D eigenvalue weighted by atomic mass is 16.2. The average molecular weight is 233 g/mol. The molecular formula is C15H23NO. The van der Waals surface area contributed by atoms with Crippen LogP contribution in [0.25, 0.3) is 0 Å². The second-order valence-electron chi connectivity index (χ2n) is 6.72. The molecule has 0 aromatic carbocycles. The Morgan fingerprint density at radius 2 is 2.00 bits per heavy atom. The molecule has 17 heavy (non-hydrogen) atoms. The fourth-order valence-corrected chi connectivity index (χ4v) is 3.73. The van der Waals surface area contributed by atoms with Crippen molar-refractivity contribution < 1.29 is 4.79 Å². The Morgan fingerprint density at radius 1 is 1.24 bits per heavy atom. The molecule has 2 fully saturated rings. The highest BCUT2D eigenvalue weighted by molar-refractivity contribution is 5.80. The Bertz CT molecular complexity index is 348. The summed E-state index contributed by atoms with van der Waals surface area (Å²) in [4.78, 5) is 12.2. The minimum absolute atomic E-state index is 0.0220. The topological polar surface area (TPSA) is 29.1 Å². The van der Waals surface area contributed by atoms with E-state index in [1.165, 1.54) is 19.3 Å². The summed E-state index contributed by atoms with van der Waals surface area (Å²) in [7, 11) is 0. The Hall–Kier alpha value is -0.790. The lowest BCUT2D eigenvalue weighted by atomic mass is 9.51. The molecule has 0 aromatic rings. The van der Waals surface area contributed by atoms with Gasteiger partial charge in [0.25, 0.3) is 0 Å². The smallest absolute Gasteiger partial charge is 0.223 e. The van der Waals surface area contributed by atoms with E-state index in [2.05, 4.69) is 24.4 Å². The van der Waals surface area contributed by atoms with E-state index >= 15 is 0 Å². The molecule has 94 valence electrons. The van der Waals surface area contributed by atoms with Gasteiger partial charge < -0.3 is 5.32 Å². The van der Waals surface area contributed by atoms with E-state index in [0.29, 0.717) is 17.2 Å². The summed E-state index contributed by atoms with van der Waals surface area (Å²) in [5, 5.41) is 3.29. The molecule has 1 spiro atoms. The van der Waals surface area contributed by atoms with Crippen molar-refractivity contribution in [3.8, 4) is 0 Å². The van der Waals surface area contributed by atoms with E-state index in [-0.39, 0.29) is 5.54 Å². The van der Waals surface area contributed by atoms with E-state index in [1.54, 1.807) is 0 Å². The molecule has 2 nitrogen and oxygen atoms in total. The number of rotatable bonds is 2. The van der Waals surface area contributed by atoms with Gasteiger partial charge in [-0.15, -0.1) is 0 Å². The molecule has 1 N–H and O–H groups in total. The van der Waals surface area contributed by atoms with Crippen LogP contribution in [0.3, 0.4) is 0 Å². The molecule has 2 heteroatoms. The fraction of sp³-hybridized carbons (Fsp3) is 0.800. The summed E-state index contributed by atoms with van der Waals surface area (Å²) >= 11 is 0. The monoisotopic (exact) mass is 233 g/mol. The molecule has 1 unspecified atom stereocenters. The molecule has 0 radical (unpaired) electrons. The van der Waals surface area contributed by atoms with Crippen molar-refractivity contribution in [2.24, 2.45) is 11.3 Å². The van der Waals surface area contributed by atoms with Crippen LogP contribution < -0.4 is 5.32 Å². The number of amides is 1. The molecule has 0 bridgehead atoms. The van der Waals surface area contributed by atoms with Gasteiger partial charge in [-0.1, -0.05) is 18.6 Å². The number of carbonyl (C=O) groups is 1. The van der Waals surface area contributed by atoms with E-state index in [4.69, 9.17) is 0 Å². The predicted molar refractivity (Wildman–Crippen MR) is 68.5 cm³/mol. The SMILES string of the molecule is CC1(NC(=O)C2CC3(CCC3)C2)CC=CCC1. The zero-order valence-corrected chi connectivity index (χ0v) is 10.8. The van der Waals surface area contributed by atoms with Crippen LogP contribution in [0.4, 0.5) is 0 Å². The zero-order chi connectivity index (χ0) is 11.9. The van der Waals surface area contributed by atoms with Crippen molar-refractivity contribution in [3.05, 3.63) is 12.2 Å². The van der Waals surface area contributed by atoms with Gasteiger partial charge in [0.05, 0.1) is 0 Å². The van der Waals surface area contributed by atoms with Crippen LogP contribution in [0.5, 0.6) is 0 Å². The molecule has 1 amide bonds. The van der Waals surface area contributed by atoms with Crippen LogP contribution in [-0.2, 0) is 4.79 Å². The first-order valence-corrected chi connectivity index (χ1v) is 7.08. The van der Waals surface area contributed by atoms with Crippen LogP contribution >= 0.6 is 0 Å². The van der Waals surface area contributed by atoms with Gasteiger partial charge in [0.15, 0.2) is 0 Å². The first-order chi connectivity index (χ1) is 8.11. The van der Waals surface area contributed by atoms with Crippen LogP contribution in [0.15, 0.2) is 12.2 Å². The standard InChI is InChI=1S/C15H23NO/c1-14(6-3-2-4-7-14)16-13(17)12-10-15(11-12)8-5-9-15/h2-3,12H,4-11H2,1H3,(H,16,17). The molecule has 0 heterocycles.